The quantitative estimate of drug-likeness (QED) is 0.703. The molecule has 0 bridgehead atoms. The van der Waals surface area contributed by atoms with E-state index in [0.717, 1.165) is 5.52 Å². The van der Waals surface area contributed by atoms with Gasteiger partial charge in [0.15, 0.2) is 0 Å². The molecule has 2 amide bonds. The number of carbonyl (C=O) groups excluding carboxylic acids is 2. The number of aromatic nitrogens is 3. The standard InChI is InChI=1S/C19H18FN5O3/c1-9-3-14(18(21)26)22-7-16(9)28-10-4-13(24-19(27)11-6-12(11)20)17-15(5-10)25(2)8-23-17/h3-5,7-8,11-12H,6H2,1-2H3,(H2,21,26)(H,24,27). The molecule has 1 saturated carbocycles. The number of amides is 2. The first kappa shape index (κ1) is 17.9. The molecule has 1 aromatic carbocycles. The number of nitrogens with zero attached hydrogens (tertiary/aromatic N) is 3. The van der Waals surface area contributed by atoms with Gasteiger partial charge >= 0.3 is 0 Å². The maximum Gasteiger partial charge on any atom is 0.267 e. The van der Waals surface area contributed by atoms with Crippen LogP contribution >= 0.6 is 0 Å². The molecule has 28 heavy (non-hydrogen) atoms. The Labute approximate surface area is 159 Å². The van der Waals surface area contributed by atoms with Crippen LogP contribution in [-0.4, -0.2) is 32.5 Å². The second kappa shape index (κ2) is 6.59. The van der Waals surface area contributed by atoms with Crippen molar-refractivity contribution in [1.82, 2.24) is 14.5 Å². The van der Waals surface area contributed by atoms with Crippen molar-refractivity contribution in [3.8, 4) is 11.5 Å². The molecule has 0 aliphatic heterocycles. The van der Waals surface area contributed by atoms with Crippen LogP contribution < -0.4 is 15.8 Å². The number of benzene rings is 1. The van der Waals surface area contributed by atoms with E-state index in [1.807, 2.05) is 7.05 Å². The van der Waals surface area contributed by atoms with Gasteiger partial charge in [-0.1, -0.05) is 0 Å². The molecule has 1 fully saturated rings. The van der Waals surface area contributed by atoms with Gasteiger partial charge in [-0.2, -0.15) is 0 Å². The number of pyridine rings is 1. The third-order valence-electron chi connectivity index (χ3n) is 4.65. The number of ether oxygens (including phenoxy) is 1. The molecule has 8 nitrogen and oxygen atoms in total. The largest absolute Gasteiger partial charge is 0.455 e. The van der Waals surface area contributed by atoms with Crippen molar-refractivity contribution in [3.63, 3.8) is 0 Å². The number of hydrogen-bond acceptors (Lipinski definition) is 5. The monoisotopic (exact) mass is 383 g/mol. The highest BCUT2D eigenvalue weighted by Gasteiger charge is 2.43. The lowest BCUT2D eigenvalue weighted by molar-refractivity contribution is -0.117. The summed E-state index contributed by atoms with van der Waals surface area (Å²) in [5, 5.41) is 2.74. The predicted molar refractivity (Wildman–Crippen MR) is 99.9 cm³/mol. The molecule has 9 heteroatoms. The smallest absolute Gasteiger partial charge is 0.267 e. The zero-order valence-corrected chi connectivity index (χ0v) is 15.3. The zero-order chi connectivity index (χ0) is 20.0. The molecule has 0 saturated heterocycles. The van der Waals surface area contributed by atoms with E-state index in [0.29, 0.717) is 28.3 Å². The Hall–Kier alpha value is -3.49. The summed E-state index contributed by atoms with van der Waals surface area (Å²) in [5.41, 5.74) is 7.82. The number of imidazole rings is 1. The minimum atomic E-state index is -1.09. The number of aryl methyl sites for hydroxylation is 2. The van der Waals surface area contributed by atoms with Gasteiger partial charge in [0.05, 0.1) is 29.6 Å². The molecule has 2 unspecified atom stereocenters. The van der Waals surface area contributed by atoms with Crippen molar-refractivity contribution in [3.05, 3.63) is 42.0 Å². The van der Waals surface area contributed by atoms with Crippen molar-refractivity contribution in [2.24, 2.45) is 18.7 Å². The number of carbonyl (C=O) groups is 2. The minimum absolute atomic E-state index is 0.144. The highest BCUT2D eigenvalue weighted by atomic mass is 19.1. The van der Waals surface area contributed by atoms with E-state index in [4.69, 9.17) is 10.5 Å². The number of hydrogen-bond donors (Lipinski definition) is 2. The lowest BCUT2D eigenvalue weighted by Gasteiger charge is -2.12. The summed E-state index contributed by atoms with van der Waals surface area (Å²) in [4.78, 5) is 31.7. The molecular formula is C19H18FN5O3. The normalized spacial score (nSPS) is 18.1. The van der Waals surface area contributed by atoms with E-state index < -0.39 is 18.0 Å². The predicted octanol–water partition coefficient (Wildman–Crippen LogP) is 2.46. The molecule has 4 rings (SSSR count). The van der Waals surface area contributed by atoms with Gasteiger partial charge in [-0.15, -0.1) is 0 Å². The minimum Gasteiger partial charge on any atom is -0.455 e. The van der Waals surface area contributed by atoms with Crippen LogP contribution in [0, 0.1) is 12.8 Å². The van der Waals surface area contributed by atoms with Gasteiger partial charge in [0.1, 0.15) is 28.9 Å². The highest BCUT2D eigenvalue weighted by Crippen LogP contribution is 2.37. The van der Waals surface area contributed by atoms with E-state index in [-0.39, 0.29) is 18.0 Å². The van der Waals surface area contributed by atoms with Gasteiger partial charge in [-0.05, 0) is 25.0 Å². The topological polar surface area (TPSA) is 112 Å². The van der Waals surface area contributed by atoms with Crippen LogP contribution in [0.3, 0.4) is 0 Å². The maximum absolute atomic E-state index is 13.2. The number of primary amides is 1. The van der Waals surface area contributed by atoms with Crippen molar-refractivity contribution in [2.45, 2.75) is 19.5 Å². The van der Waals surface area contributed by atoms with Crippen LogP contribution in [0.4, 0.5) is 10.1 Å². The van der Waals surface area contributed by atoms with Crippen LogP contribution in [0.15, 0.2) is 30.7 Å². The summed E-state index contributed by atoms with van der Waals surface area (Å²) >= 11 is 0. The summed E-state index contributed by atoms with van der Waals surface area (Å²) in [7, 11) is 1.82. The molecule has 1 aliphatic carbocycles. The van der Waals surface area contributed by atoms with Crippen molar-refractivity contribution < 1.29 is 18.7 Å². The fourth-order valence-electron chi connectivity index (χ4n) is 2.93. The molecule has 3 N–H and O–H groups in total. The number of halogens is 1. The summed E-state index contributed by atoms with van der Waals surface area (Å²) in [6, 6.07) is 4.94. The van der Waals surface area contributed by atoms with Crippen molar-refractivity contribution in [1.29, 1.82) is 0 Å². The lowest BCUT2D eigenvalue weighted by Crippen LogP contribution is -2.15. The Bertz CT molecular complexity index is 1110. The van der Waals surface area contributed by atoms with E-state index >= 15 is 0 Å². The van der Waals surface area contributed by atoms with E-state index in [1.54, 1.807) is 30.0 Å². The molecule has 1 aliphatic rings. The Morgan fingerprint density at radius 3 is 2.71 bits per heavy atom. The Balaban J connectivity index is 1.68. The highest BCUT2D eigenvalue weighted by molar-refractivity contribution is 6.02. The number of fused-ring (bicyclic) bond motifs is 1. The average molecular weight is 383 g/mol. The molecule has 2 heterocycles. The van der Waals surface area contributed by atoms with Crippen LogP contribution in [0.25, 0.3) is 11.0 Å². The third kappa shape index (κ3) is 3.26. The van der Waals surface area contributed by atoms with Crippen molar-refractivity contribution in [2.75, 3.05) is 5.32 Å². The fourth-order valence-corrected chi connectivity index (χ4v) is 2.93. The first-order valence-electron chi connectivity index (χ1n) is 8.68. The van der Waals surface area contributed by atoms with Gasteiger partial charge in [-0.25, -0.2) is 14.4 Å². The number of nitrogens with two attached hydrogens (primary N) is 1. The average Bonchev–Trinajstić information content (AvgIpc) is 3.27. The first-order chi connectivity index (χ1) is 13.3. The van der Waals surface area contributed by atoms with Crippen LogP contribution in [-0.2, 0) is 11.8 Å². The van der Waals surface area contributed by atoms with E-state index in [2.05, 4.69) is 15.3 Å². The molecule has 0 radical (unpaired) electrons. The Morgan fingerprint density at radius 1 is 1.32 bits per heavy atom. The van der Waals surface area contributed by atoms with Crippen LogP contribution in [0.1, 0.15) is 22.5 Å². The second-order valence-corrected chi connectivity index (χ2v) is 6.84. The number of rotatable bonds is 5. The van der Waals surface area contributed by atoms with Gasteiger partial charge in [0, 0.05) is 19.2 Å². The summed E-state index contributed by atoms with van der Waals surface area (Å²) < 4.78 is 20.9. The van der Waals surface area contributed by atoms with Crippen LogP contribution in [0.5, 0.6) is 11.5 Å². The van der Waals surface area contributed by atoms with Crippen molar-refractivity contribution >= 4 is 28.5 Å². The number of nitrogens with one attached hydrogen (secondary N) is 1. The molecule has 2 aromatic heterocycles. The fraction of sp³-hybridized carbons (Fsp3) is 0.263. The van der Waals surface area contributed by atoms with E-state index in [9.17, 15) is 14.0 Å². The van der Waals surface area contributed by atoms with Gasteiger partial charge < -0.3 is 20.4 Å². The third-order valence-corrected chi connectivity index (χ3v) is 4.65. The summed E-state index contributed by atoms with van der Waals surface area (Å²) in [6.45, 7) is 1.77. The SMILES string of the molecule is Cc1cc(C(N)=O)ncc1Oc1cc(NC(=O)C2CC2F)c2ncn(C)c2c1. The maximum atomic E-state index is 13.2. The summed E-state index contributed by atoms with van der Waals surface area (Å²) in [6.07, 6.45) is 2.19. The van der Waals surface area contributed by atoms with Gasteiger partial charge in [0.25, 0.3) is 5.91 Å². The number of alkyl halides is 1. The summed E-state index contributed by atoms with van der Waals surface area (Å²) in [5.74, 6) is -0.732. The Kier molecular flexibility index (Phi) is 4.21. The Morgan fingerprint density at radius 2 is 2.07 bits per heavy atom. The number of anilines is 1. The molecular weight excluding hydrogens is 365 g/mol. The molecule has 144 valence electrons. The lowest BCUT2D eigenvalue weighted by atomic mass is 10.2. The second-order valence-electron chi connectivity index (χ2n) is 6.84. The van der Waals surface area contributed by atoms with Crippen LogP contribution in [0.2, 0.25) is 0 Å². The van der Waals surface area contributed by atoms with Gasteiger partial charge in [-0.3, -0.25) is 9.59 Å². The zero-order valence-electron chi connectivity index (χ0n) is 15.3. The molecule has 2 atom stereocenters. The molecule has 3 aromatic rings. The molecule has 0 spiro atoms. The van der Waals surface area contributed by atoms with Gasteiger partial charge in [0.2, 0.25) is 5.91 Å². The first-order valence-corrected chi connectivity index (χ1v) is 8.68. The van der Waals surface area contributed by atoms with E-state index in [1.165, 1.54) is 12.3 Å².